The van der Waals surface area contributed by atoms with E-state index in [1.807, 2.05) is 12.1 Å². The van der Waals surface area contributed by atoms with Crippen molar-refractivity contribution < 1.29 is 9.90 Å². The molecular formula is C15H18N2O2. The van der Waals surface area contributed by atoms with Crippen LogP contribution in [0.3, 0.4) is 0 Å². The lowest BCUT2D eigenvalue weighted by atomic mass is 10.0. The number of carbonyl (C=O) groups is 1. The fraction of sp³-hybridized carbons (Fsp3) is 0.400. The van der Waals surface area contributed by atoms with E-state index < -0.39 is 6.09 Å². The summed E-state index contributed by atoms with van der Waals surface area (Å²) in [6, 6.07) is 8.68. The lowest BCUT2D eigenvalue weighted by Gasteiger charge is -2.26. The number of hydrogen-bond acceptors (Lipinski definition) is 1. The topological polar surface area (TPSA) is 45.5 Å². The summed E-state index contributed by atoms with van der Waals surface area (Å²) < 4.78 is 2.35. The molecule has 1 aliphatic rings. The molecule has 100 valence electrons. The van der Waals surface area contributed by atoms with E-state index in [4.69, 9.17) is 0 Å². The van der Waals surface area contributed by atoms with Gasteiger partial charge in [-0.3, -0.25) is 0 Å². The van der Waals surface area contributed by atoms with Crippen LogP contribution in [0.2, 0.25) is 0 Å². The zero-order chi connectivity index (χ0) is 13.6. The molecule has 0 unspecified atom stereocenters. The van der Waals surface area contributed by atoms with Crippen molar-refractivity contribution >= 4 is 17.0 Å². The normalized spacial score (nSPS) is 15.0. The number of nitrogens with zero attached hydrogens (tertiary/aromatic N) is 2. The van der Waals surface area contributed by atoms with Crippen LogP contribution in [-0.4, -0.2) is 27.2 Å². The molecule has 0 saturated carbocycles. The maximum atomic E-state index is 11.2. The lowest BCUT2D eigenvalue weighted by Crippen LogP contribution is -2.35. The van der Waals surface area contributed by atoms with Crippen molar-refractivity contribution in [1.29, 1.82) is 0 Å². The molecule has 0 fully saturated rings. The Bertz CT molecular complexity index is 643. The Kier molecular flexibility index (Phi) is 2.73. The third-order valence-electron chi connectivity index (χ3n) is 3.88. The van der Waals surface area contributed by atoms with Crippen LogP contribution in [0.25, 0.3) is 10.9 Å². The number of hydrogen-bond donors (Lipinski definition) is 1. The monoisotopic (exact) mass is 258 g/mol. The number of aromatic nitrogens is 1. The molecular weight excluding hydrogens is 240 g/mol. The van der Waals surface area contributed by atoms with Crippen molar-refractivity contribution in [3.8, 4) is 0 Å². The quantitative estimate of drug-likeness (QED) is 0.853. The van der Waals surface area contributed by atoms with E-state index in [9.17, 15) is 9.90 Å². The number of para-hydroxylation sites is 1. The molecule has 19 heavy (non-hydrogen) atoms. The first-order chi connectivity index (χ1) is 9.09. The molecule has 4 heteroatoms. The van der Waals surface area contributed by atoms with Crippen LogP contribution in [0.15, 0.2) is 24.3 Å². The van der Waals surface area contributed by atoms with Crippen LogP contribution in [0.4, 0.5) is 4.79 Å². The van der Waals surface area contributed by atoms with E-state index in [2.05, 4.69) is 30.5 Å². The molecule has 1 amide bonds. The SMILES string of the molecule is CC(C)n1c2c(c3ccccc31)CN(C(=O)O)CC2. The highest BCUT2D eigenvalue weighted by Gasteiger charge is 2.26. The molecule has 1 aromatic heterocycles. The number of benzene rings is 1. The van der Waals surface area contributed by atoms with Gasteiger partial charge in [-0.2, -0.15) is 0 Å². The van der Waals surface area contributed by atoms with Crippen molar-refractivity contribution in [1.82, 2.24) is 9.47 Å². The minimum absolute atomic E-state index is 0.394. The highest BCUT2D eigenvalue weighted by molar-refractivity contribution is 5.86. The fourth-order valence-electron chi connectivity index (χ4n) is 3.10. The Labute approximate surface area is 112 Å². The molecule has 0 aliphatic carbocycles. The predicted octanol–water partition coefficient (Wildman–Crippen LogP) is 3.26. The lowest BCUT2D eigenvalue weighted by molar-refractivity contribution is 0.139. The number of amides is 1. The van der Waals surface area contributed by atoms with Gasteiger partial charge in [0.05, 0.1) is 6.54 Å². The molecule has 1 aliphatic heterocycles. The van der Waals surface area contributed by atoms with Gasteiger partial charge in [-0.1, -0.05) is 18.2 Å². The van der Waals surface area contributed by atoms with Gasteiger partial charge < -0.3 is 14.6 Å². The molecule has 2 heterocycles. The minimum Gasteiger partial charge on any atom is -0.465 e. The van der Waals surface area contributed by atoms with Gasteiger partial charge in [0.15, 0.2) is 0 Å². The standard InChI is InChI=1S/C15H18N2O2/c1-10(2)17-13-6-4-3-5-11(13)12-9-16(15(18)19)8-7-14(12)17/h3-6,10H,7-9H2,1-2H3,(H,18,19). The Morgan fingerprint density at radius 3 is 2.74 bits per heavy atom. The molecule has 4 nitrogen and oxygen atoms in total. The van der Waals surface area contributed by atoms with Gasteiger partial charge in [-0.05, 0) is 19.9 Å². The second-order valence-corrected chi connectivity index (χ2v) is 5.36. The second-order valence-electron chi connectivity index (χ2n) is 5.36. The molecule has 1 aromatic carbocycles. The zero-order valence-corrected chi connectivity index (χ0v) is 11.3. The van der Waals surface area contributed by atoms with E-state index >= 15 is 0 Å². The van der Waals surface area contributed by atoms with Crippen molar-refractivity contribution in [2.24, 2.45) is 0 Å². The van der Waals surface area contributed by atoms with E-state index in [1.54, 1.807) is 0 Å². The number of fused-ring (bicyclic) bond motifs is 3. The Hall–Kier alpha value is -1.97. The van der Waals surface area contributed by atoms with E-state index in [1.165, 1.54) is 27.1 Å². The third-order valence-corrected chi connectivity index (χ3v) is 3.88. The van der Waals surface area contributed by atoms with Crippen molar-refractivity contribution in [3.05, 3.63) is 35.5 Å². The van der Waals surface area contributed by atoms with E-state index in [-0.39, 0.29) is 0 Å². The van der Waals surface area contributed by atoms with Crippen LogP contribution >= 0.6 is 0 Å². The maximum absolute atomic E-state index is 11.2. The van der Waals surface area contributed by atoms with Gasteiger partial charge in [0, 0.05) is 41.2 Å². The van der Waals surface area contributed by atoms with Crippen LogP contribution in [0.5, 0.6) is 0 Å². The molecule has 2 aromatic rings. The highest BCUT2D eigenvalue weighted by Crippen LogP contribution is 2.33. The molecule has 1 N–H and O–H groups in total. The van der Waals surface area contributed by atoms with E-state index in [0.29, 0.717) is 19.1 Å². The molecule has 0 spiro atoms. The smallest absolute Gasteiger partial charge is 0.407 e. The summed E-state index contributed by atoms with van der Waals surface area (Å²) in [5.74, 6) is 0. The van der Waals surface area contributed by atoms with Gasteiger partial charge in [0.1, 0.15) is 0 Å². The molecule has 3 rings (SSSR count). The Balaban J connectivity index is 2.22. The largest absolute Gasteiger partial charge is 0.465 e. The summed E-state index contributed by atoms with van der Waals surface area (Å²) in [7, 11) is 0. The predicted molar refractivity (Wildman–Crippen MR) is 74.5 cm³/mol. The van der Waals surface area contributed by atoms with Gasteiger partial charge in [-0.25, -0.2) is 4.79 Å². The number of rotatable bonds is 1. The molecule has 0 saturated heterocycles. The van der Waals surface area contributed by atoms with Crippen LogP contribution in [-0.2, 0) is 13.0 Å². The van der Waals surface area contributed by atoms with Gasteiger partial charge >= 0.3 is 6.09 Å². The van der Waals surface area contributed by atoms with Gasteiger partial charge in [0.25, 0.3) is 0 Å². The fourth-order valence-corrected chi connectivity index (χ4v) is 3.10. The average Bonchev–Trinajstić information content (AvgIpc) is 2.72. The molecule has 0 radical (unpaired) electrons. The van der Waals surface area contributed by atoms with Gasteiger partial charge in [-0.15, -0.1) is 0 Å². The first-order valence-corrected chi connectivity index (χ1v) is 6.68. The third kappa shape index (κ3) is 1.79. The van der Waals surface area contributed by atoms with Crippen LogP contribution in [0, 0.1) is 0 Å². The van der Waals surface area contributed by atoms with Crippen LogP contribution < -0.4 is 0 Å². The van der Waals surface area contributed by atoms with E-state index in [0.717, 1.165) is 6.42 Å². The van der Waals surface area contributed by atoms with Crippen LogP contribution in [0.1, 0.15) is 31.1 Å². The Morgan fingerprint density at radius 2 is 2.05 bits per heavy atom. The average molecular weight is 258 g/mol. The first kappa shape index (κ1) is 12.1. The Morgan fingerprint density at radius 1 is 1.32 bits per heavy atom. The summed E-state index contributed by atoms with van der Waals surface area (Å²) in [6.07, 6.45) is -0.0267. The van der Waals surface area contributed by atoms with Crippen molar-refractivity contribution in [2.45, 2.75) is 32.9 Å². The summed E-state index contributed by atoms with van der Waals surface area (Å²) in [6.45, 7) is 5.45. The zero-order valence-electron chi connectivity index (χ0n) is 11.3. The van der Waals surface area contributed by atoms with Crippen molar-refractivity contribution in [3.63, 3.8) is 0 Å². The van der Waals surface area contributed by atoms with Crippen molar-refractivity contribution in [2.75, 3.05) is 6.54 Å². The second kappa shape index (κ2) is 4.30. The maximum Gasteiger partial charge on any atom is 0.407 e. The molecule has 0 bridgehead atoms. The minimum atomic E-state index is -0.827. The van der Waals surface area contributed by atoms with Gasteiger partial charge in [0.2, 0.25) is 0 Å². The summed E-state index contributed by atoms with van der Waals surface area (Å²) in [5.41, 5.74) is 3.70. The summed E-state index contributed by atoms with van der Waals surface area (Å²) >= 11 is 0. The first-order valence-electron chi connectivity index (χ1n) is 6.68. The summed E-state index contributed by atoms with van der Waals surface area (Å²) in [4.78, 5) is 12.7. The molecule has 0 atom stereocenters. The highest BCUT2D eigenvalue weighted by atomic mass is 16.4. The number of carboxylic acid groups (broad SMARTS) is 1. The summed E-state index contributed by atoms with van der Waals surface area (Å²) in [5, 5.41) is 10.4.